The number of aliphatic hydroxyl groups is 1. The number of aromatic nitrogens is 2. The highest BCUT2D eigenvalue weighted by Gasteiger charge is 2.31. The maximum atomic E-state index is 12.9. The number of hydrogen-bond acceptors (Lipinski definition) is 7. The van der Waals surface area contributed by atoms with Crippen LogP contribution in [-0.2, 0) is 11.0 Å². The number of aromatic hydroxyl groups is 1. The number of halogens is 3. The van der Waals surface area contributed by atoms with Crippen molar-refractivity contribution in [2.24, 2.45) is 0 Å². The summed E-state index contributed by atoms with van der Waals surface area (Å²) in [4.78, 5) is 16.6. The number of rotatable bonds is 6. The molecule has 0 spiro atoms. The summed E-state index contributed by atoms with van der Waals surface area (Å²) < 4.78 is 38.7. The summed E-state index contributed by atoms with van der Waals surface area (Å²) in [6.07, 6.45) is -1.19. The van der Waals surface area contributed by atoms with E-state index in [0.717, 1.165) is 32.0 Å². The third-order valence-electron chi connectivity index (χ3n) is 6.88. The fourth-order valence-corrected chi connectivity index (χ4v) is 4.84. The average molecular weight is 508 g/mol. The zero-order valence-corrected chi connectivity index (χ0v) is 20.3. The summed E-state index contributed by atoms with van der Waals surface area (Å²) >= 11 is 0. The van der Waals surface area contributed by atoms with Gasteiger partial charge in [0.05, 0.1) is 17.4 Å². The van der Waals surface area contributed by atoms with Crippen LogP contribution in [0.15, 0.2) is 24.3 Å². The van der Waals surface area contributed by atoms with E-state index in [4.69, 9.17) is 0 Å². The second-order valence-corrected chi connectivity index (χ2v) is 9.64. The minimum Gasteiger partial charge on any atom is -0.507 e. The highest BCUT2D eigenvalue weighted by molar-refractivity contribution is 5.76. The third kappa shape index (κ3) is 6.44. The van der Waals surface area contributed by atoms with Crippen molar-refractivity contribution in [3.8, 4) is 17.0 Å². The average Bonchev–Trinajstić information content (AvgIpc) is 2.83. The molecule has 2 aliphatic heterocycles. The number of piperidine rings is 2. The molecule has 1 aromatic carbocycles. The maximum Gasteiger partial charge on any atom is 0.416 e. The number of amides is 1. The van der Waals surface area contributed by atoms with Gasteiger partial charge in [-0.1, -0.05) is 0 Å². The van der Waals surface area contributed by atoms with E-state index in [1.54, 1.807) is 13.0 Å². The van der Waals surface area contributed by atoms with Gasteiger partial charge < -0.3 is 25.3 Å². The van der Waals surface area contributed by atoms with Crippen LogP contribution in [0.25, 0.3) is 11.3 Å². The Morgan fingerprint density at radius 2 is 1.89 bits per heavy atom. The summed E-state index contributed by atoms with van der Waals surface area (Å²) in [6.45, 7) is 5.34. The molecule has 4 rings (SSSR count). The van der Waals surface area contributed by atoms with Crippen LogP contribution >= 0.6 is 0 Å². The maximum absolute atomic E-state index is 12.9. The molecule has 11 heteroatoms. The normalized spacial score (nSPS) is 19.9. The lowest BCUT2D eigenvalue weighted by atomic mass is 10.0. The van der Waals surface area contributed by atoms with E-state index in [1.807, 2.05) is 4.90 Å². The van der Waals surface area contributed by atoms with Crippen LogP contribution in [0.3, 0.4) is 0 Å². The van der Waals surface area contributed by atoms with Gasteiger partial charge in [0.15, 0.2) is 0 Å². The van der Waals surface area contributed by atoms with Crippen molar-refractivity contribution in [3.05, 3.63) is 35.4 Å². The lowest BCUT2D eigenvalue weighted by molar-refractivity contribution is -0.137. The fraction of sp³-hybridized carbons (Fsp3) is 0.560. The molecule has 1 amide bonds. The van der Waals surface area contributed by atoms with Crippen LogP contribution in [0, 0.1) is 6.92 Å². The van der Waals surface area contributed by atoms with Gasteiger partial charge in [0, 0.05) is 44.2 Å². The standard InChI is InChI=1S/C25H32F3N5O3/c1-16-13-22(30-31-24(16)20-5-4-17(14-21(20)35)25(26,27)28)29-18-3-2-9-32(15-18)10-8-23(36)33-11-6-19(34)7-12-33/h4-5,13-14,18-19,34-35H,2-3,6-12,15H2,1H3,(H,29,30)/t18-/m1/s1. The first-order chi connectivity index (χ1) is 17.1. The van der Waals surface area contributed by atoms with E-state index in [-0.39, 0.29) is 23.6 Å². The summed E-state index contributed by atoms with van der Waals surface area (Å²) in [6, 6.07) is 4.70. The van der Waals surface area contributed by atoms with Gasteiger partial charge in [0.1, 0.15) is 11.6 Å². The Hall–Kier alpha value is -2.92. The van der Waals surface area contributed by atoms with E-state index in [9.17, 15) is 28.2 Å². The number of nitrogens with zero attached hydrogens (tertiary/aromatic N) is 4. The van der Waals surface area contributed by atoms with E-state index < -0.39 is 17.5 Å². The van der Waals surface area contributed by atoms with Crippen LogP contribution in [0.4, 0.5) is 19.0 Å². The Balaban J connectivity index is 1.33. The van der Waals surface area contributed by atoms with Crippen molar-refractivity contribution in [3.63, 3.8) is 0 Å². The van der Waals surface area contributed by atoms with Crippen LogP contribution in [0.2, 0.25) is 0 Å². The molecule has 2 fully saturated rings. The van der Waals surface area contributed by atoms with Crippen LogP contribution in [0.1, 0.15) is 43.2 Å². The molecule has 36 heavy (non-hydrogen) atoms. The molecule has 2 aliphatic rings. The summed E-state index contributed by atoms with van der Waals surface area (Å²) in [7, 11) is 0. The highest BCUT2D eigenvalue weighted by atomic mass is 19.4. The van der Waals surface area contributed by atoms with Gasteiger partial charge in [-0.3, -0.25) is 4.79 Å². The zero-order chi connectivity index (χ0) is 25.9. The topological polar surface area (TPSA) is 102 Å². The number of hydrogen-bond donors (Lipinski definition) is 3. The predicted molar refractivity (Wildman–Crippen MR) is 128 cm³/mol. The van der Waals surface area contributed by atoms with E-state index in [0.29, 0.717) is 62.0 Å². The van der Waals surface area contributed by atoms with Gasteiger partial charge in [0.2, 0.25) is 5.91 Å². The molecule has 1 atom stereocenters. The summed E-state index contributed by atoms with van der Waals surface area (Å²) in [5, 5.41) is 31.5. The molecule has 0 aliphatic carbocycles. The second-order valence-electron chi connectivity index (χ2n) is 9.64. The molecule has 1 aromatic heterocycles. The Kier molecular flexibility index (Phi) is 7.99. The quantitative estimate of drug-likeness (QED) is 0.551. The molecule has 196 valence electrons. The molecule has 8 nitrogen and oxygen atoms in total. The molecular formula is C25H32F3N5O3. The molecule has 2 aromatic rings. The monoisotopic (exact) mass is 507 g/mol. The number of benzene rings is 1. The zero-order valence-electron chi connectivity index (χ0n) is 20.3. The van der Waals surface area contributed by atoms with Gasteiger partial charge in [0.25, 0.3) is 0 Å². The lowest BCUT2D eigenvalue weighted by Gasteiger charge is -2.34. The van der Waals surface area contributed by atoms with Crippen molar-refractivity contribution in [2.75, 3.05) is 38.0 Å². The van der Waals surface area contributed by atoms with Crippen molar-refractivity contribution < 1.29 is 28.2 Å². The lowest BCUT2D eigenvalue weighted by Crippen LogP contribution is -2.45. The van der Waals surface area contributed by atoms with Crippen LogP contribution in [-0.4, -0.2) is 81.0 Å². The first-order valence-electron chi connectivity index (χ1n) is 12.3. The summed E-state index contributed by atoms with van der Waals surface area (Å²) in [5.41, 5.74) is 0.260. The van der Waals surface area contributed by atoms with Gasteiger partial charge in [-0.2, -0.15) is 13.2 Å². The van der Waals surface area contributed by atoms with E-state index >= 15 is 0 Å². The van der Waals surface area contributed by atoms with Gasteiger partial charge in [-0.05, 0) is 69.0 Å². The fourth-order valence-electron chi connectivity index (χ4n) is 4.84. The predicted octanol–water partition coefficient (Wildman–Crippen LogP) is 3.43. The number of aliphatic hydroxyl groups excluding tert-OH is 1. The molecule has 0 radical (unpaired) electrons. The molecule has 3 heterocycles. The number of carbonyl (C=O) groups is 1. The number of carbonyl (C=O) groups excluding carboxylic acids is 1. The first-order valence-corrected chi connectivity index (χ1v) is 12.3. The minimum atomic E-state index is -4.54. The minimum absolute atomic E-state index is 0.123. The van der Waals surface area contributed by atoms with Gasteiger partial charge in [-0.25, -0.2) is 0 Å². The number of alkyl halides is 3. The van der Waals surface area contributed by atoms with E-state index in [2.05, 4.69) is 20.4 Å². The molecule has 2 saturated heterocycles. The van der Waals surface area contributed by atoms with Crippen molar-refractivity contribution in [1.82, 2.24) is 20.0 Å². The molecule has 0 unspecified atom stereocenters. The Bertz CT molecular complexity index is 1070. The number of phenols is 1. The molecular weight excluding hydrogens is 475 g/mol. The van der Waals surface area contributed by atoms with E-state index in [1.165, 1.54) is 6.07 Å². The first kappa shape index (κ1) is 26.2. The second kappa shape index (κ2) is 11.0. The Labute approximate surface area is 208 Å². The Morgan fingerprint density at radius 1 is 1.14 bits per heavy atom. The largest absolute Gasteiger partial charge is 0.507 e. The van der Waals surface area contributed by atoms with Gasteiger partial charge in [-0.15, -0.1) is 10.2 Å². The molecule has 0 saturated carbocycles. The number of likely N-dealkylation sites (tertiary alicyclic amines) is 2. The smallest absolute Gasteiger partial charge is 0.416 e. The van der Waals surface area contributed by atoms with Crippen molar-refractivity contribution in [2.45, 2.75) is 57.3 Å². The molecule has 3 N–H and O–H groups in total. The van der Waals surface area contributed by atoms with Crippen LogP contribution in [0.5, 0.6) is 5.75 Å². The third-order valence-corrected chi connectivity index (χ3v) is 6.88. The van der Waals surface area contributed by atoms with Crippen molar-refractivity contribution >= 4 is 11.7 Å². The molecule has 0 bridgehead atoms. The van der Waals surface area contributed by atoms with Gasteiger partial charge >= 0.3 is 6.18 Å². The number of aryl methyl sites for hydroxylation is 1. The number of nitrogens with one attached hydrogen (secondary N) is 1. The summed E-state index contributed by atoms with van der Waals surface area (Å²) in [5.74, 6) is 0.180. The highest BCUT2D eigenvalue weighted by Crippen LogP contribution is 2.36. The van der Waals surface area contributed by atoms with Crippen molar-refractivity contribution in [1.29, 1.82) is 0 Å². The number of anilines is 1. The van der Waals surface area contributed by atoms with Crippen LogP contribution < -0.4 is 5.32 Å². The number of phenolic OH excluding ortho intramolecular Hbond substituents is 1. The SMILES string of the molecule is Cc1cc(N[C@@H]2CCCN(CCC(=O)N3CCC(O)CC3)C2)nnc1-c1ccc(C(F)(F)F)cc1O. The Morgan fingerprint density at radius 3 is 2.56 bits per heavy atom.